The maximum atomic E-state index is 14.1. The van der Waals surface area contributed by atoms with Crippen LogP contribution in [-0.4, -0.2) is 74.7 Å². The highest BCUT2D eigenvalue weighted by Crippen LogP contribution is 2.27. The first-order valence-corrected chi connectivity index (χ1v) is 9.95. The number of carbonyl (C=O) groups excluding carboxylic acids is 1. The van der Waals surface area contributed by atoms with Gasteiger partial charge in [-0.3, -0.25) is 9.69 Å². The normalized spacial score (nSPS) is 20.0. The van der Waals surface area contributed by atoms with Crippen LogP contribution in [0.15, 0.2) is 18.2 Å². The van der Waals surface area contributed by atoms with Crippen molar-refractivity contribution in [3.05, 3.63) is 24.0 Å². The quantitative estimate of drug-likeness (QED) is 0.602. The minimum absolute atomic E-state index is 0.131. The number of piperidine rings is 1. The van der Waals surface area contributed by atoms with Crippen LogP contribution in [-0.2, 0) is 9.53 Å². The van der Waals surface area contributed by atoms with E-state index in [0.29, 0.717) is 30.4 Å². The Kier molecular flexibility index (Phi) is 6.90. The molecule has 2 aliphatic rings. The third-order valence-electron chi connectivity index (χ3n) is 5.57. The maximum absolute atomic E-state index is 14.1. The molecule has 2 aliphatic heterocycles. The summed E-state index contributed by atoms with van der Waals surface area (Å²) < 4.78 is 19.1. The number of piperazine rings is 1. The molecule has 2 heterocycles. The van der Waals surface area contributed by atoms with E-state index >= 15 is 0 Å². The van der Waals surface area contributed by atoms with Gasteiger partial charge in [-0.15, -0.1) is 0 Å². The Morgan fingerprint density at radius 1 is 1.15 bits per heavy atom. The van der Waals surface area contributed by atoms with Gasteiger partial charge in [0.25, 0.3) is 0 Å². The molecule has 0 aliphatic carbocycles. The minimum atomic E-state index is -0.230. The van der Waals surface area contributed by atoms with Gasteiger partial charge < -0.3 is 20.3 Å². The topological polar surface area (TPSA) is 62.0 Å². The lowest BCUT2D eigenvalue weighted by molar-refractivity contribution is -0.144. The summed E-state index contributed by atoms with van der Waals surface area (Å²) in [6.07, 6.45) is 2.15. The molecule has 2 N–H and O–H groups in total. The fraction of sp³-hybridized carbons (Fsp3) is 0.650. The maximum Gasteiger partial charge on any atom is 0.320 e. The van der Waals surface area contributed by atoms with E-state index in [2.05, 4.69) is 14.7 Å². The SMILES string of the molecule is CCOC(=O)CN1CCN(CC2CCN(c3ccc(N)cc3F)CC2)CC1. The molecule has 0 spiro atoms. The minimum Gasteiger partial charge on any atom is -0.465 e. The molecule has 0 aromatic heterocycles. The molecule has 27 heavy (non-hydrogen) atoms. The van der Waals surface area contributed by atoms with E-state index in [9.17, 15) is 9.18 Å². The summed E-state index contributed by atoms with van der Waals surface area (Å²) in [5, 5.41) is 0. The average molecular weight is 378 g/mol. The molecule has 0 amide bonds. The third kappa shape index (κ3) is 5.56. The summed E-state index contributed by atoms with van der Waals surface area (Å²) in [7, 11) is 0. The number of rotatable bonds is 6. The summed E-state index contributed by atoms with van der Waals surface area (Å²) in [4.78, 5) is 18.4. The van der Waals surface area contributed by atoms with Gasteiger partial charge in [0, 0.05) is 51.5 Å². The largest absolute Gasteiger partial charge is 0.465 e. The zero-order valence-electron chi connectivity index (χ0n) is 16.2. The van der Waals surface area contributed by atoms with Crippen molar-refractivity contribution in [3.63, 3.8) is 0 Å². The molecule has 2 saturated heterocycles. The summed E-state index contributed by atoms with van der Waals surface area (Å²) >= 11 is 0. The Bertz CT molecular complexity index is 626. The van der Waals surface area contributed by atoms with Crippen molar-refractivity contribution >= 4 is 17.3 Å². The lowest BCUT2D eigenvalue weighted by atomic mass is 9.95. The van der Waals surface area contributed by atoms with Crippen LogP contribution in [0.5, 0.6) is 0 Å². The number of hydrogen-bond donors (Lipinski definition) is 1. The van der Waals surface area contributed by atoms with Crippen LogP contribution in [0.25, 0.3) is 0 Å². The highest BCUT2D eigenvalue weighted by Gasteiger charge is 2.25. The molecule has 0 bridgehead atoms. The first kappa shape index (κ1) is 19.9. The standard InChI is InChI=1S/C20H31FN4O2/c1-2-27-20(26)15-24-11-9-23(10-12-24)14-16-5-7-25(8-6-16)19-4-3-17(22)13-18(19)21/h3-4,13,16H,2,5-12,14-15,22H2,1H3. The van der Waals surface area contributed by atoms with Crippen molar-refractivity contribution in [1.82, 2.24) is 9.80 Å². The number of carbonyl (C=O) groups is 1. The number of ether oxygens (including phenoxy) is 1. The number of anilines is 2. The predicted octanol–water partition coefficient (Wildman–Crippen LogP) is 1.80. The van der Waals surface area contributed by atoms with Crippen LogP contribution >= 0.6 is 0 Å². The Balaban J connectivity index is 1.39. The van der Waals surface area contributed by atoms with Gasteiger partial charge in [0.2, 0.25) is 0 Å². The van der Waals surface area contributed by atoms with Crippen LogP contribution in [0.1, 0.15) is 19.8 Å². The monoisotopic (exact) mass is 378 g/mol. The van der Waals surface area contributed by atoms with Gasteiger partial charge in [0.15, 0.2) is 0 Å². The lowest BCUT2D eigenvalue weighted by Crippen LogP contribution is -2.50. The van der Waals surface area contributed by atoms with E-state index in [1.165, 1.54) is 6.07 Å². The summed E-state index contributed by atoms with van der Waals surface area (Å²) in [6, 6.07) is 4.95. The molecule has 2 fully saturated rings. The van der Waals surface area contributed by atoms with E-state index in [1.807, 2.05) is 6.92 Å². The highest BCUT2D eigenvalue weighted by molar-refractivity contribution is 5.71. The molecule has 3 rings (SSSR count). The van der Waals surface area contributed by atoms with Crippen LogP contribution in [0.4, 0.5) is 15.8 Å². The summed E-state index contributed by atoms with van der Waals surface area (Å²) in [5.41, 5.74) is 6.77. The molecule has 7 heteroatoms. The molecule has 1 aromatic rings. The van der Waals surface area contributed by atoms with E-state index in [0.717, 1.165) is 58.7 Å². The van der Waals surface area contributed by atoms with Gasteiger partial charge in [-0.05, 0) is 43.9 Å². The van der Waals surface area contributed by atoms with E-state index < -0.39 is 0 Å². The van der Waals surface area contributed by atoms with E-state index in [4.69, 9.17) is 10.5 Å². The van der Waals surface area contributed by atoms with Gasteiger partial charge in [0.1, 0.15) is 5.82 Å². The van der Waals surface area contributed by atoms with Crippen molar-refractivity contribution in [2.24, 2.45) is 5.92 Å². The molecule has 150 valence electrons. The second kappa shape index (κ2) is 9.37. The highest BCUT2D eigenvalue weighted by atomic mass is 19.1. The van der Waals surface area contributed by atoms with E-state index in [1.54, 1.807) is 12.1 Å². The molecule has 0 unspecified atom stereocenters. The number of hydrogen-bond acceptors (Lipinski definition) is 6. The van der Waals surface area contributed by atoms with Crippen molar-refractivity contribution in [2.45, 2.75) is 19.8 Å². The molecule has 0 atom stereocenters. The zero-order chi connectivity index (χ0) is 19.2. The number of esters is 1. The van der Waals surface area contributed by atoms with Crippen LogP contribution < -0.4 is 10.6 Å². The fourth-order valence-corrected chi connectivity index (χ4v) is 4.02. The Morgan fingerprint density at radius 3 is 2.44 bits per heavy atom. The Labute approximate surface area is 161 Å². The first-order chi connectivity index (χ1) is 13.0. The van der Waals surface area contributed by atoms with Gasteiger partial charge >= 0.3 is 5.97 Å². The average Bonchev–Trinajstić information content (AvgIpc) is 2.64. The van der Waals surface area contributed by atoms with Crippen LogP contribution in [0.2, 0.25) is 0 Å². The fourth-order valence-electron chi connectivity index (χ4n) is 4.02. The zero-order valence-corrected chi connectivity index (χ0v) is 16.2. The third-order valence-corrected chi connectivity index (χ3v) is 5.57. The molecular weight excluding hydrogens is 347 g/mol. The van der Waals surface area contributed by atoms with Gasteiger partial charge in [-0.25, -0.2) is 4.39 Å². The van der Waals surface area contributed by atoms with Crippen molar-refractivity contribution in [3.8, 4) is 0 Å². The molecule has 1 aromatic carbocycles. The predicted molar refractivity (Wildman–Crippen MR) is 105 cm³/mol. The molecule has 0 saturated carbocycles. The van der Waals surface area contributed by atoms with Gasteiger partial charge in [-0.1, -0.05) is 0 Å². The number of nitrogens with two attached hydrogens (primary N) is 1. The number of benzene rings is 1. The molecular formula is C20H31FN4O2. The first-order valence-electron chi connectivity index (χ1n) is 9.95. The van der Waals surface area contributed by atoms with Gasteiger partial charge in [-0.2, -0.15) is 0 Å². The molecule has 6 nitrogen and oxygen atoms in total. The lowest BCUT2D eigenvalue weighted by Gasteiger charge is -2.39. The van der Waals surface area contributed by atoms with Crippen molar-refractivity contribution in [1.29, 1.82) is 0 Å². The van der Waals surface area contributed by atoms with Crippen molar-refractivity contribution < 1.29 is 13.9 Å². The van der Waals surface area contributed by atoms with Gasteiger partial charge in [0.05, 0.1) is 18.8 Å². The van der Waals surface area contributed by atoms with Crippen molar-refractivity contribution in [2.75, 3.05) is 69.6 Å². The molecule has 0 radical (unpaired) electrons. The number of nitrogens with zero attached hydrogens (tertiary/aromatic N) is 3. The summed E-state index contributed by atoms with van der Waals surface area (Å²) in [6.45, 7) is 9.34. The summed E-state index contributed by atoms with van der Waals surface area (Å²) in [5.74, 6) is 0.286. The smallest absolute Gasteiger partial charge is 0.320 e. The van der Waals surface area contributed by atoms with E-state index in [-0.39, 0.29) is 11.8 Å². The van der Waals surface area contributed by atoms with Crippen LogP contribution in [0.3, 0.4) is 0 Å². The Morgan fingerprint density at radius 2 is 1.81 bits per heavy atom. The number of halogens is 1. The second-order valence-electron chi connectivity index (χ2n) is 7.52. The van der Waals surface area contributed by atoms with Crippen LogP contribution in [0, 0.1) is 11.7 Å². The Hall–Kier alpha value is -1.86. The number of nitrogen functional groups attached to an aromatic ring is 1. The second-order valence-corrected chi connectivity index (χ2v) is 7.52.